The van der Waals surface area contributed by atoms with E-state index in [1.54, 1.807) is 53.4 Å². The number of nitriles is 1. The molecule has 0 radical (unpaired) electrons. The van der Waals surface area contributed by atoms with Crippen LogP contribution in [0.15, 0.2) is 51.9 Å². The number of amides is 1. The van der Waals surface area contributed by atoms with Crippen molar-refractivity contribution in [3.8, 4) is 6.07 Å². The summed E-state index contributed by atoms with van der Waals surface area (Å²) in [6.45, 7) is 2.37. The Morgan fingerprint density at radius 2 is 1.97 bits per heavy atom. The molecular weight excluding hydrogens is 416 g/mol. The molecule has 1 aromatic carbocycles. The Balaban J connectivity index is 1.44. The number of pyridine rings is 1. The highest BCUT2D eigenvalue weighted by atomic mass is 32.2. The SMILES string of the molecule is CN(CC(=O)N1CCCN(c2ncccc2C#N)CC1)C1=NS(=O)(=O)c2ccccc21. The standard InChI is InChI=1S/C21H22N6O3S/c1-25(21-17-7-2-3-8-18(17)31(29,30)24-21)15-19(28)26-10-5-11-27(13-12-26)20-16(14-22)6-4-9-23-20/h2-4,6-9H,5,10-13,15H2,1H3. The topological polar surface area (TPSA) is 110 Å². The molecule has 1 fully saturated rings. The van der Waals surface area contributed by atoms with Gasteiger partial charge < -0.3 is 14.7 Å². The van der Waals surface area contributed by atoms with Gasteiger partial charge in [0.1, 0.15) is 16.8 Å². The number of benzene rings is 1. The summed E-state index contributed by atoms with van der Waals surface area (Å²) in [5.74, 6) is 0.821. The summed E-state index contributed by atoms with van der Waals surface area (Å²) in [7, 11) is -2.06. The van der Waals surface area contributed by atoms with E-state index in [1.165, 1.54) is 6.07 Å². The predicted octanol–water partition coefficient (Wildman–Crippen LogP) is 1.07. The van der Waals surface area contributed by atoms with Crippen LogP contribution in [0.2, 0.25) is 0 Å². The van der Waals surface area contributed by atoms with Crippen LogP contribution in [0.1, 0.15) is 17.5 Å². The monoisotopic (exact) mass is 438 g/mol. The first-order chi connectivity index (χ1) is 14.9. The molecule has 0 N–H and O–H groups in total. The Kier molecular flexibility index (Phi) is 5.61. The van der Waals surface area contributed by atoms with Crippen LogP contribution in [0, 0.1) is 11.3 Å². The average molecular weight is 439 g/mol. The van der Waals surface area contributed by atoms with Gasteiger partial charge in [-0.3, -0.25) is 4.79 Å². The number of carbonyl (C=O) groups is 1. The zero-order chi connectivity index (χ0) is 22.0. The van der Waals surface area contributed by atoms with Gasteiger partial charge in [0.25, 0.3) is 10.0 Å². The summed E-state index contributed by atoms with van der Waals surface area (Å²) < 4.78 is 28.4. The van der Waals surface area contributed by atoms with Gasteiger partial charge in [-0.2, -0.15) is 13.7 Å². The zero-order valence-corrected chi connectivity index (χ0v) is 17.9. The van der Waals surface area contributed by atoms with E-state index in [4.69, 9.17) is 0 Å². The first-order valence-corrected chi connectivity index (χ1v) is 11.4. The lowest BCUT2D eigenvalue weighted by Gasteiger charge is -2.26. The third kappa shape index (κ3) is 4.09. The summed E-state index contributed by atoms with van der Waals surface area (Å²) in [6.07, 6.45) is 2.40. The van der Waals surface area contributed by atoms with Crippen molar-refractivity contribution < 1.29 is 13.2 Å². The largest absolute Gasteiger partial charge is 0.354 e. The van der Waals surface area contributed by atoms with Gasteiger partial charge >= 0.3 is 0 Å². The minimum atomic E-state index is -3.73. The molecule has 0 atom stereocenters. The minimum absolute atomic E-state index is 0.0235. The van der Waals surface area contributed by atoms with Crippen LogP contribution < -0.4 is 4.90 Å². The second-order valence-corrected chi connectivity index (χ2v) is 9.02. The van der Waals surface area contributed by atoms with E-state index in [-0.39, 0.29) is 23.2 Å². The van der Waals surface area contributed by atoms with Crippen LogP contribution in [0.5, 0.6) is 0 Å². The highest BCUT2D eigenvalue weighted by Gasteiger charge is 2.31. The van der Waals surface area contributed by atoms with Gasteiger partial charge in [0.15, 0.2) is 5.84 Å². The molecule has 2 aliphatic rings. The van der Waals surface area contributed by atoms with Crippen molar-refractivity contribution in [2.75, 3.05) is 44.7 Å². The number of sulfonamides is 1. The van der Waals surface area contributed by atoms with Crippen molar-refractivity contribution in [1.29, 1.82) is 5.26 Å². The molecule has 10 heteroatoms. The average Bonchev–Trinajstić information content (AvgIpc) is 2.92. The second-order valence-electron chi connectivity index (χ2n) is 7.45. The molecule has 2 aliphatic heterocycles. The lowest BCUT2D eigenvalue weighted by atomic mass is 10.2. The molecule has 2 aromatic rings. The fourth-order valence-electron chi connectivity index (χ4n) is 3.86. The molecule has 4 rings (SSSR count). The smallest absolute Gasteiger partial charge is 0.285 e. The molecule has 0 unspecified atom stereocenters. The molecule has 3 heterocycles. The molecule has 0 bridgehead atoms. The van der Waals surface area contributed by atoms with Crippen molar-refractivity contribution in [2.24, 2.45) is 4.40 Å². The molecular formula is C21H22N6O3S. The van der Waals surface area contributed by atoms with Crippen molar-refractivity contribution >= 4 is 27.6 Å². The van der Waals surface area contributed by atoms with Gasteiger partial charge in [0.05, 0.1) is 12.1 Å². The first-order valence-electron chi connectivity index (χ1n) is 9.94. The van der Waals surface area contributed by atoms with Crippen molar-refractivity contribution in [3.63, 3.8) is 0 Å². The number of anilines is 1. The van der Waals surface area contributed by atoms with Gasteiger partial charge in [-0.05, 0) is 30.7 Å². The van der Waals surface area contributed by atoms with Crippen LogP contribution in [0.4, 0.5) is 5.82 Å². The normalized spacial score (nSPS) is 17.4. The third-order valence-corrected chi connectivity index (χ3v) is 6.73. The molecule has 1 aromatic heterocycles. The lowest BCUT2D eigenvalue weighted by Crippen LogP contribution is -2.42. The van der Waals surface area contributed by atoms with Gasteiger partial charge in [0.2, 0.25) is 5.91 Å². The first kappa shape index (κ1) is 20.8. The van der Waals surface area contributed by atoms with Gasteiger partial charge in [0, 0.05) is 45.0 Å². The van der Waals surface area contributed by atoms with Crippen LogP contribution in [-0.4, -0.2) is 74.7 Å². The van der Waals surface area contributed by atoms with E-state index >= 15 is 0 Å². The summed E-state index contributed by atoms with van der Waals surface area (Å²) in [4.78, 5) is 22.8. The Labute approximate surface area is 181 Å². The minimum Gasteiger partial charge on any atom is -0.354 e. The number of rotatable bonds is 3. The molecule has 0 aliphatic carbocycles. The Bertz CT molecular complexity index is 1190. The summed E-state index contributed by atoms with van der Waals surface area (Å²) >= 11 is 0. The molecule has 1 amide bonds. The second kappa shape index (κ2) is 8.35. The number of aromatic nitrogens is 1. The Morgan fingerprint density at radius 1 is 1.16 bits per heavy atom. The van der Waals surface area contributed by atoms with Crippen molar-refractivity contribution in [3.05, 3.63) is 53.7 Å². The maximum Gasteiger partial charge on any atom is 0.285 e. The van der Waals surface area contributed by atoms with Gasteiger partial charge in [-0.25, -0.2) is 4.98 Å². The quantitative estimate of drug-likeness (QED) is 0.705. The molecule has 31 heavy (non-hydrogen) atoms. The number of hydrogen-bond donors (Lipinski definition) is 0. The van der Waals surface area contributed by atoms with Crippen LogP contribution in [-0.2, 0) is 14.8 Å². The third-order valence-electron chi connectivity index (χ3n) is 5.40. The van der Waals surface area contributed by atoms with Crippen molar-refractivity contribution in [2.45, 2.75) is 11.3 Å². The van der Waals surface area contributed by atoms with E-state index in [9.17, 15) is 18.5 Å². The van der Waals surface area contributed by atoms with Crippen molar-refractivity contribution in [1.82, 2.24) is 14.8 Å². The number of fused-ring (bicyclic) bond motifs is 1. The van der Waals surface area contributed by atoms with E-state index in [0.717, 1.165) is 6.42 Å². The maximum absolute atomic E-state index is 13.0. The van der Waals surface area contributed by atoms with Gasteiger partial charge in [-0.15, -0.1) is 4.40 Å². The highest BCUT2D eigenvalue weighted by Crippen LogP contribution is 2.27. The number of hydrogen-bond acceptors (Lipinski definition) is 7. The molecule has 9 nitrogen and oxygen atoms in total. The van der Waals surface area contributed by atoms with Crippen LogP contribution in [0.3, 0.4) is 0 Å². The Hall–Kier alpha value is -3.45. The Morgan fingerprint density at radius 3 is 2.77 bits per heavy atom. The van der Waals surface area contributed by atoms with Crippen LogP contribution in [0.25, 0.3) is 0 Å². The molecule has 0 saturated carbocycles. The number of amidine groups is 1. The molecule has 160 valence electrons. The summed E-state index contributed by atoms with van der Waals surface area (Å²) in [6, 6.07) is 12.3. The van der Waals surface area contributed by atoms with E-state index in [1.807, 2.05) is 4.90 Å². The van der Waals surface area contributed by atoms with Crippen LogP contribution >= 0.6 is 0 Å². The van der Waals surface area contributed by atoms with E-state index in [2.05, 4.69) is 15.5 Å². The number of carbonyl (C=O) groups excluding carboxylic acids is 1. The fraction of sp³-hybridized carbons (Fsp3) is 0.333. The molecule has 0 spiro atoms. The van der Waals surface area contributed by atoms with E-state index < -0.39 is 10.0 Å². The predicted molar refractivity (Wildman–Crippen MR) is 115 cm³/mol. The maximum atomic E-state index is 13.0. The zero-order valence-electron chi connectivity index (χ0n) is 17.1. The lowest BCUT2D eigenvalue weighted by molar-refractivity contribution is -0.131. The van der Waals surface area contributed by atoms with Gasteiger partial charge in [-0.1, -0.05) is 12.1 Å². The van der Waals surface area contributed by atoms with E-state index in [0.29, 0.717) is 43.1 Å². The number of likely N-dealkylation sites (N-methyl/N-ethyl adjacent to an activating group) is 1. The number of nitrogens with zero attached hydrogens (tertiary/aromatic N) is 6. The summed E-state index contributed by atoms with van der Waals surface area (Å²) in [5.41, 5.74) is 1.03. The molecule has 1 saturated heterocycles. The fourth-order valence-corrected chi connectivity index (χ4v) is 5.11. The summed E-state index contributed by atoms with van der Waals surface area (Å²) in [5, 5.41) is 9.33. The highest BCUT2D eigenvalue weighted by molar-refractivity contribution is 7.90.